The molecule has 1 aromatic carbocycles. The maximum absolute atomic E-state index is 13.3. The van der Waals surface area contributed by atoms with Crippen LogP contribution in [0.4, 0.5) is 5.13 Å². The molecule has 0 saturated heterocycles. The monoisotopic (exact) mass is 421 g/mol. The number of thiazole rings is 1. The number of hydrogen-bond acceptors (Lipinski definition) is 5. The second kappa shape index (κ2) is 9.03. The van der Waals surface area contributed by atoms with Gasteiger partial charge in [-0.1, -0.05) is 23.5 Å². The van der Waals surface area contributed by atoms with Gasteiger partial charge in [0.1, 0.15) is 0 Å². The minimum Gasteiger partial charge on any atom is -0.308 e. The smallest absolute Gasteiger partial charge is 0.280 e. The van der Waals surface area contributed by atoms with Crippen molar-refractivity contribution in [2.24, 2.45) is 0 Å². The van der Waals surface area contributed by atoms with E-state index in [1.54, 1.807) is 16.2 Å². The summed E-state index contributed by atoms with van der Waals surface area (Å²) >= 11 is 1.58. The summed E-state index contributed by atoms with van der Waals surface area (Å²) in [5.41, 5.74) is 4.76. The summed E-state index contributed by atoms with van der Waals surface area (Å²) in [6, 6.07) is 6.05. The first kappa shape index (κ1) is 22.3. The highest BCUT2D eigenvalue weighted by atomic mass is 35.5. The van der Waals surface area contributed by atoms with E-state index in [4.69, 9.17) is 4.98 Å². The van der Waals surface area contributed by atoms with Crippen molar-refractivity contribution >= 4 is 45.0 Å². The molecule has 2 heterocycles. The molecule has 152 valence electrons. The van der Waals surface area contributed by atoms with Gasteiger partial charge >= 0.3 is 0 Å². The molecule has 0 aliphatic heterocycles. The lowest BCUT2D eigenvalue weighted by Gasteiger charge is -2.21. The molecule has 0 bridgehead atoms. The zero-order valence-corrected chi connectivity index (χ0v) is 18.9. The van der Waals surface area contributed by atoms with Crippen molar-refractivity contribution in [2.75, 3.05) is 32.1 Å². The lowest BCUT2D eigenvalue weighted by atomic mass is 10.1. The number of hydrogen-bond donors (Lipinski definition) is 0. The van der Waals surface area contributed by atoms with Gasteiger partial charge in [-0.25, -0.2) is 4.98 Å². The number of halogens is 1. The molecule has 0 unspecified atom stereocenters. The quantitative estimate of drug-likeness (QED) is 0.602. The first-order valence-corrected chi connectivity index (χ1v) is 10.0. The van der Waals surface area contributed by atoms with Crippen molar-refractivity contribution in [3.63, 3.8) is 0 Å². The minimum absolute atomic E-state index is 0. The maximum Gasteiger partial charge on any atom is 0.280 e. The van der Waals surface area contributed by atoms with Crippen LogP contribution in [-0.2, 0) is 6.54 Å². The van der Waals surface area contributed by atoms with Gasteiger partial charge in [0.25, 0.3) is 5.91 Å². The van der Waals surface area contributed by atoms with Crippen LogP contribution < -0.4 is 4.90 Å². The van der Waals surface area contributed by atoms with Gasteiger partial charge in [0.05, 0.1) is 10.2 Å². The summed E-state index contributed by atoms with van der Waals surface area (Å²) in [6.45, 7) is 10.2. The molecule has 3 aromatic rings. The molecule has 28 heavy (non-hydrogen) atoms. The fourth-order valence-corrected chi connectivity index (χ4v) is 4.16. The molecule has 0 spiro atoms. The highest BCUT2D eigenvalue weighted by Gasteiger charge is 2.24. The Morgan fingerprint density at radius 2 is 1.82 bits per heavy atom. The molecular formula is C20H28ClN5OS. The number of benzene rings is 1. The number of carbonyl (C=O) groups is 1. The Morgan fingerprint density at radius 1 is 1.14 bits per heavy atom. The van der Waals surface area contributed by atoms with Crippen LogP contribution in [-0.4, -0.2) is 52.8 Å². The highest BCUT2D eigenvalue weighted by molar-refractivity contribution is 7.22. The van der Waals surface area contributed by atoms with Crippen LogP contribution in [0, 0.1) is 20.8 Å². The summed E-state index contributed by atoms with van der Waals surface area (Å²) in [5, 5.41) is 5.21. The van der Waals surface area contributed by atoms with E-state index in [0.717, 1.165) is 39.7 Å². The molecule has 1 amide bonds. The normalized spacial score (nSPS) is 11.1. The Morgan fingerprint density at radius 3 is 2.39 bits per heavy atom. The Kier molecular flexibility index (Phi) is 7.20. The molecule has 3 rings (SSSR count). The van der Waals surface area contributed by atoms with E-state index in [1.165, 1.54) is 5.56 Å². The van der Waals surface area contributed by atoms with Gasteiger partial charge in [0.2, 0.25) is 0 Å². The highest BCUT2D eigenvalue weighted by Crippen LogP contribution is 2.33. The van der Waals surface area contributed by atoms with Crippen LogP contribution in [0.3, 0.4) is 0 Å². The van der Waals surface area contributed by atoms with Crippen LogP contribution in [0.5, 0.6) is 0 Å². The number of anilines is 1. The van der Waals surface area contributed by atoms with E-state index in [1.807, 2.05) is 38.7 Å². The average molecular weight is 422 g/mol. The van der Waals surface area contributed by atoms with Gasteiger partial charge in [0.15, 0.2) is 10.8 Å². The van der Waals surface area contributed by atoms with Crippen molar-refractivity contribution in [1.29, 1.82) is 0 Å². The first-order valence-electron chi connectivity index (χ1n) is 9.19. The second-order valence-corrected chi connectivity index (χ2v) is 8.10. The summed E-state index contributed by atoms with van der Waals surface area (Å²) in [4.78, 5) is 21.9. The van der Waals surface area contributed by atoms with E-state index in [2.05, 4.69) is 36.0 Å². The van der Waals surface area contributed by atoms with Crippen molar-refractivity contribution < 1.29 is 4.79 Å². The third-order valence-corrected chi connectivity index (χ3v) is 5.89. The van der Waals surface area contributed by atoms with E-state index in [9.17, 15) is 4.79 Å². The van der Waals surface area contributed by atoms with E-state index in [0.29, 0.717) is 12.2 Å². The van der Waals surface area contributed by atoms with Gasteiger partial charge in [-0.05, 0) is 59.0 Å². The number of fused-ring (bicyclic) bond motifs is 1. The van der Waals surface area contributed by atoms with E-state index >= 15 is 0 Å². The van der Waals surface area contributed by atoms with Gasteiger partial charge in [0, 0.05) is 25.3 Å². The van der Waals surface area contributed by atoms with E-state index in [-0.39, 0.29) is 18.3 Å². The van der Waals surface area contributed by atoms with Crippen molar-refractivity contribution in [3.05, 3.63) is 40.7 Å². The molecule has 8 heteroatoms. The summed E-state index contributed by atoms with van der Waals surface area (Å²) in [5.74, 6) is -0.0958. The van der Waals surface area contributed by atoms with Gasteiger partial charge < -0.3 is 4.90 Å². The predicted octanol–water partition coefficient (Wildman–Crippen LogP) is 4.07. The maximum atomic E-state index is 13.3. The molecule has 0 aliphatic rings. The topological polar surface area (TPSA) is 54.3 Å². The standard InChI is InChI=1S/C20H27N5OS.ClH/c1-7-25-15(4)12-16(22-25)19(26)24(11-10-23(5)6)20-21-17-13(2)8-9-14(3)18(17)27-20;/h8-9,12H,7,10-11H2,1-6H3;1H. The molecule has 0 saturated carbocycles. The van der Waals surface area contributed by atoms with E-state index < -0.39 is 0 Å². The summed E-state index contributed by atoms with van der Waals surface area (Å²) in [7, 11) is 4.01. The fourth-order valence-electron chi connectivity index (χ4n) is 3.02. The Hall–Kier alpha value is -1.96. The summed E-state index contributed by atoms with van der Waals surface area (Å²) in [6.07, 6.45) is 0. The first-order chi connectivity index (χ1) is 12.8. The number of likely N-dealkylation sites (N-methyl/N-ethyl adjacent to an activating group) is 1. The minimum atomic E-state index is -0.0958. The molecule has 0 aliphatic carbocycles. The van der Waals surface area contributed by atoms with Crippen LogP contribution in [0.2, 0.25) is 0 Å². The van der Waals surface area contributed by atoms with Gasteiger partial charge in [-0.15, -0.1) is 12.4 Å². The molecule has 2 aromatic heterocycles. The Bertz CT molecular complexity index is 940. The lowest BCUT2D eigenvalue weighted by molar-refractivity contribution is 0.0979. The summed E-state index contributed by atoms with van der Waals surface area (Å²) < 4.78 is 2.99. The zero-order chi connectivity index (χ0) is 19.7. The van der Waals surface area contributed by atoms with Gasteiger partial charge in [-0.2, -0.15) is 5.10 Å². The zero-order valence-electron chi connectivity index (χ0n) is 17.3. The lowest BCUT2D eigenvalue weighted by Crippen LogP contribution is -2.37. The number of carbonyl (C=O) groups excluding carboxylic acids is 1. The van der Waals surface area contributed by atoms with Gasteiger partial charge in [-0.3, -0.25) is 14.4 Å². The number of aromatic nitrogens is 3. The Balaban J connectivity index is 0.00000280. The van der Waals surface area contributed by atoms with Crippen molar-refractivity contribution in [3.8, 4) is 0 Å². The van der Waals surface area contributed by atoms with Crippen molar-refractivity contribution in [1.82, 2.24) is 19.7 Å². The predicted molar refractivity (Wildman–Crippen MR) is 119 cm³/mol. The fraction of sp³-hybridized carbons (Fsp3) is 0.450. The molecule has 0 fully saturated rings. The third-order valence-electron chi connectivity index (χ3n) is 4.68. The second-order valence-electron chi connectivity index (χ2n) is 7.12. The number of nitrogens with zero attached hydrogens (tertiary/aromatic N) is 5. The molecule has 0 atom stereocenters. The van der Waals surface area contributed by atoms with Crippen molar-refractivity contribution in [2.45, 2.75) is 34.2 Å². The van der Waals surface area contributed by atoms with Crippen LogP contribution >= 0.6 is 23.7 Å². The largest absolute Gasteiger partial charge is 0.308 e. The molecular weight excluding hydrogens is 394 g/mol. The third kappa shape index (κ3) is 4.37. The molecule has 6 nitrogen and oxygen atoms in total. The Labute approximate surface area is 176 Å². The van der Waals surface area contributed by atoms with Crippen LogP contribution in [0.15, 0.2) is 18.2 Å². The number of aryl methyl sites for hydroxylation is 4. The SMILES string of the molecule is CCn1nc(C(=O)N(CCN(C)C)c2nc3c(C)ccc(C)c3s2)cc1C.Cl. The van der Waals surface area contributed by atoms with Crippen LogP contribution in [0.25, 0.3) is 10.2 Å². The molecule has 0 N–H and O–H groups in total. The van der Waals surface area contributed by atoms with Crippen LogP contribution in [0.1, 0.15) is 34.2 Å². The molecule has 0 radical (unpaired) electrons. The number of rotatable bonds is 6. The average Bonchev–Trinajstić information content (AvgIpc) is 3.22. The number of amides is 1.